The van der Waals surface area contributed by atoms with Crippen LogP contribution >= 0.6 is 22.6 Å². The molecule has 0 amide bonds. The second-order valence-corrected chi connectivity index (χ2v) is 9.32. The number of hydrogen-bond donors (Lipinski definition) is 0. The number of halogens is 1. The Morgan fingerprint density at radius 3 is 2.12 bits per heavy atom. The quantitative estimate of drug-likeness (QED) is 0.665. The molecule has 0 aromatic heterocycles. The first-order valence-electron chi connectivity index (χ1n) is 7.96. The van der Waals surface area contributed by atoms with Crippen LogP contribution in [-0.4, -0.2) is 38.9 Å². The highest BCUT2D eigenvalue weighted by Gasteiger charge is 2.28. The minimum Gasteiger partial charge on any atom is -0.369 e. The van der Waals surface area contributed by atoms with Gasteiger partial charge in [0.25, 0.3) is 0 Å². The van der Waals surface area contributed by atoms with Crippen LogP contribution in [-0.2, 0) is 10.0 Å². The van der Waals surface area contributed by atoms with Gasteiger partial charge >= 0.3 is 0 Å². The number of aryl methyl sites for hydroxylation is 2. The smallest absolute Gasteiger partial charge is 0.243 e. The molecule has 1 fully saturated rings. The van der Waals surface area contributed by atoms with Crippen LogP contribution in [0.25, 0.3) is 0 Å². The molecule has 1 aliphatic heterocycles. The van der Waals surface area contributed by atoms with Crippen molar-refractivity contribution in [2.24, 2.45) is 0 Å². The zero-order valence-corrected chi connectivity index (χ0v) is 16.8. The van der Waals surface area contributed by atoms with Crippen molar-refractivity contribution in [3.63, 3.8) is 0 Å². The van der Waals surface area contributed by atoms with E-state index >= 15 is 0 Å². The van der Waals surface area contributed by atoms with Crippen molar-refractivity contribution in [1.82, 2.24) is 4.31 Å². The van der Waals surface area contributed by atoms with Crippen LogP contribution in [0.5, 0.6) is 0 Å². The Morgan fingerprint density at radius 1 is 0.917 bits per heavy atom. The second kappa shape index (κ2) is 7.01. The number of hydrogen-bond acceptors (Lipinski definition) is 3. The highest BCUT2D eigenvalue weighted by Crippen LogP contribution is 2.24. The van der Waals surface area contributed by atoms with Gasteiger partial charge in [0.05, 0.1) is 4.90 Å². The number of rotatable bonds is 3. The number of sulfonamides is 1. The molecule has 2 aromatic carbocycles. The molecule has 0 saturated carbocycles. The Labute approximate surface area is 157 Å². The molecule has 2 aromatic rings. The maximum atomic E-state index is 12.8. The Morgan fingerprint density at radius 2 is 1.54 bits per heavy atom. The van der Waals surface area contributed by atoms with Gasteiger partial charge < -0.3 is 4.90 Å². The van der Waals surface area contributed by atoms with Gasteiger partial charge in [0, 0.05) is 35.4 Å². The molecule has 0 N–H and O–H groups in total. The number of piperazine rings is 1. The average Bonchev–Trinajstić information content (AvgIpc) is 2.55. The van der Waals surface area contributed by atoms with Crippen LogP contribution in [0.15, 0.2) is 47.4 Å². The van der Waals surface area contributed by atoms with Gasteiger partial charge in [-0.05, 0) is 72.3 Å². The summed E-state index contributed by atoms with van der Waals surface area (Å²) >= 11 is 2.18. The minimum absolute atomic E-state index is 0.378. The Hall–Kier alpha value is -1.12. The Bertz CT molecular complexity index is 827. The summed E-state index contributed by atoms with van der Waals surface area (Å²) in [5, 5.41) is 0. The van der Waals surface area contributed by atoms with Crippen LogP contribution in [0.4, 0.5) is 5.69 Å². The first-order valence-corrected chi connectivity index (χ1v) is 10.5. The van der Waals surface area contributed by atoms with E-state index in [2.05, 4.69) is 59.5 Å². The van der Waals surface area contributed by atoms with Crippen LogP contribution in [0.3, 0.4) is 0 Å². The van der Waals surface area contributed by atoms with E-state index in [0.29, 0.717) is 31.1 Å². The standard InChI is InChI=1S/C18H21IN2O2S/c1-14-3-8-18(15(2)13-14)20-9-11-21(12-10-20)24(22,23)17-6-4-16(19)5-7-17/h3-8,13H,9-12H2,1-2H3. The van der Waals surface area contributed by atoms with Crippen molar-refractivity contribution in [3.05, 3.63) is 57.2 Å². The molecular formula is C18H21IN2O2S. The van der Waals surface area contributed by atoms with E-state index in [9.17, 15) is 8.42 Å². The highest BCUT2D eigenvalue weighted by atomic mass is 127. The molecule has 128 valence electrons. The van der Waals surface area contributed by atoms with Crippen molar-refractivity contribution < 1.29 is 8.42 Å². The van der Waals surface area contributed by atoms with E-state index in [-0.39, 0.29) is 0 Å². The lowest BCUT2D eigenvalue weighted by Crippen LogP contribution is -2.48. The molecule has 0 bridgehead atoms. The lowest BCUT2D eigenvalue weighted by Gasteiger charge is -2.36. The molecule has 1 heterocycles. The van der Waals surface area contributed by atoms with Gasteiger partial charge in [-0.1, -0.05) is 17.7 Å². The number of anilines is 1. The molecule has 0 unspecified atom stereocenters. The summed E-state index contributed by atoms with van der Waals surface area (Å²) < 4.78 is 28.1. The van der Waals surface area contributed by atoms with Crippen molar-refractivity contribution in [1.29, 1.82) is 0 Å². The van der Waals surface area contributed by atoms with Gasteiger partial charge in [-0.3, -0.25) is 0 Å². The van der Waals surface area contributed by atoms with E-state index in [1.165, 1.54) is 16.8 Å². The first-order chi connectivity index (χ1) is 11.4. The van der Waals surface area contributed by atoms with Crippen LogP contribution in [0.2, 0.25) is 0 Å². The zero-order valence-electron chi connectivity index (χ0n) is 13.9. The lowest BCUT2D eigenvalue weighted by molar-refractivity contribution is 0.384. The lowest BCUT2D eigenvalue weighted by atomic mass is 10.1. The van der Waals surface area contributed by atoms with Crippen molar-refractivity contribution in [2.75, 3.05) is 31.1 Å². The second-order valence-electron chi connectivity index (χ2n) is 6.13. The zero-order chi connectivity index (χ0) is 17.3. The molecule has 24 heavy (non-hydrogen) atoms. The molecule has 0 atom stereocenters. The third kappa shape index (κ3) is 3.60. The van der Waals surface area contributed by atoms with Gasteiger partial charge in [-0.25, -0.2) is 8.42 Å². The molecule has 3 rings (SSSR count). The van der Waals surface area contributed by atoms with E-state index in [4.69, 9.17) is 0 Å². The van der Waals surface area contributed by atoms with Crippen molar-refractivity contribution >= 4 is 38.3 Å². The molecule has 0 spiro atoms. The normalized spacial score (nSPS) is 16.4. The van der Waals surface area contributed by atoms with Gasteiger partial charge in [-0.15, -0.1) is 0 Å². The molecule has 6 heteroatoms. The summed E-state index contributed by atoms with van der Waals surface area (Å²) in [4.78, 5) is 2.65. The number of nitrogens with zero attached hydrogens (tertiary/aromatic N) is 2. The minimum atomic E-state index is -3.40. The van der Waals surface area contributed by atoms with Crippen LogP contribution in [0.1, 0.15) is 11.1 Å². The van der Waals surface area contributed by atoms with Crippen LogP contribution in [0, 0.1) is 17.4 Å². The van der Waals surface area contributed by atoms with Gasteiger partial charge in [0.2, 0.25) is 10.0 Å². The van der Waals surface area contributed by atoms with Crippen molar-refractivity contribution in [3.8, 4) is 0 Å². The maximum absolute atomic E-state index is 12.8. The van der Waals surface area contributed by atoms with Gasteiger partial charge in [-0.2, -0.15) is 4.31 Å². The molecule has 1 aliphatic rings. The molecule has 4 nitrogen and oxygen atoms in total. The first kappa shape index (κ1) is 17.7. The van der Waals surface area contributed by atoms with Gasteiger partial charge in [0.15, 0.2) is 0 Å². The molecule has 0 aliphatic carbocycles. The SMILES string of the molecule is Cc1ccc(N2CCN(S(=O)(=O)c3ccc(I)cc3)CC2)c(C)c1. The predicted octanol–water partition coefficient (Wildman–Crippen LogP) is 3.42. The fourth-order valence-electron chi connectivity index (χ4n) is 3.09. The van der Waals surface area contributed by atoms with Gasteiger partial charge in [0.1, 0.15) is 0 Å². The maximum Gasteiger partial charge on any atom is 0.243 e. The topological polar surface area (TPSA) is 40.6 Å². The third-order valence-electron chi connectivity index (χ3n) is 4.38. The molecule has 0 radical (unpaired) electrons. The summed E-state index contributed by atoms with van der Waals surface area (Å²) in [6, 6.07) is 13.5. The largest absolute Gasteiger partial charge is 0.369 e. The Kier molecular flexibility index (Phi) is 5.17. The monoisotopic (exact) mass is 456 g/mol. The fourth-order valence-corrected chi connectivity index (χ4v) is 4.87. The summed E-state index contributed by atoms with van der Waals surface area (Å²) in [5.41, 5.74) is 3.69. The van der Waals surface area contributed by atoms with E-state index in [0.717, 1.165) is 3.57 Å². The summed E-state index contributed by atoms with van der Waals surface area (Å²) in [6.07, 6.45) is 0. The van der Waals surface area contributed by atoms with E-state index < -0.39 is 10.0 Å². The Balaban J connectivity index is 1.73. The fraction of sp³-hybridized carbons (Fsp3) is 0.333. The van der Waals surface area contributed by atoms with E-state index in [1.807, 2.05) is 12.1 Å². The molecule has 1 saturated heterocycles. The van der Waals surface area contributed by atoms with Crippen molar-refractivity contribution in [2.45, 2.75) is 18.7 Å². The summed E-state index contributed by atoms with van der Waals surface area (Å²) in [6.45, 7) is 6.66. The predicted molar refractivity (Wildman–Crippen MR) is 106 cm³/mol. The third-order valence-corrected chi connectivity index (χ3v) is 7.02. The highest BCUT2D eigenvalue weighted by molar-refractivity contribution is 14.1. The number of benzene rings is 2. The summed E-state index contributed by atoms with van der Waals surface area (Å²) in [7, 11) is -3.40. The average molecular weight is 456 g/mol. The molecular weight excluding hydrogens is 435 g/mol. The summed E-state index contributed by atoms with van der Waals surface area (Å²) in [5.74, 6) is 0. The van der Waals surface area contributed by atoms with E-state index in [1.54, 1.807) is 16.4 Å². The van der Waals surface area contributed by atoms with Crippen LogP contribution < -0.4 is 4.90 Å².